The van der Waals surface area contributed by atoms with Crippen LogP contribution in [-0.2, 0) is 5.60 Å². The van der Waals surface area contributed by atoms with Crippen molar-refractivity contribution < 1.29 is 5.11 Å². The van der Waals surface area contributed by atoms with Gasteiger partial charge in [0.05, 0.1) is 5.69 Å². The van der Waals surface area contributed by atoms with Gasteiger partial charge in [-0.05, 0) is 45.0 Å². The molecule has 1 aliphatic heterocycles. The molecule has 2 rings (SSSR count). The second kappa shape index (κ2) is 4.29. The molecule has 3 nitrogen and oxygen atoms in total. The van der Waals surface area contributed by atoms with Crippen molar-refractivity contribution in [3.8, 4) is 0 Å². The topological polar surface area (TPSA) is 36.4 Å². The van der Waals surface area contributed by atoms with E-state index in [-0.39, 0.29) is 0 Å². The first kappa shape index (κ1) is 10.6. The molecule has 1 N–H and O–H groups in total. The van der Waals surface area contributed by atoms with Crippen LogP contribution in [0.4, 0.5) is 0 Å². The summed E-state index contributed by atoms with van der Waals surface area (Å²) in [5.74, 6) is 0. The summed E-state index contributed by atoms with van der Waals surface area (Å²) in [5.41, 5.74) is 0.103. The van der Waals surface area contributed by atoms with Crippen molar-refractivity contribution in [2.45, 2.75) is 24.9 Å². The third-order valence-electron chi connectivity index (χ3n) is 3.18. The van der Waals surface area contributed by atoms with E-state index in [1.54, 1.807) is 6.20 Å². The standard InChI is InChI=1S/C12H18N2O/c1-14-9-4-6-12(15,7-10-14)11-5-2-3-8-13-11/h2-3,5,8,15H,4,6-7,9-10H2,1H3. The van der Waals surface area contributed by atoms with Crippen molar-refractivity contribution in [3.63, 3.8) is 0 Å². The van der Waals surface area contributed by atoms with Gasteiger partial charge in [0, 0.05) is 12.7 Å². The van der Waals surface area contributed by atoms with Crippen LogP contribution in [0.2, 0.25) is 0 Å². The molecule has 0 radical (unpaired) electrons. The van der Waals surface area contributed by atoms with Gasteiger partial charge in [0.25, 0.3) is 0 Å². The zero-order valence-electron chi connectivity index (χ0n) is 9.19. The summed E-state index contributed by atoms with van der Waals surface area (Å²) in [6.45, 7) is 2.00. The molecular weight excluding hydrogens is 188 g/mol. The van der Waals surface area contributed by atoms with Crippen LogP contribution < -0.4 is 0 Å². The number of hydrogen-bond acceptors (Lipinski definition) is 3. The van der Waals surface area contributed by atoms with E-state index in [0.717, 1.165) is 38.0 Å². The summed E-state index contributed by atoms with van der Waals surface area (Å²) < 4.78 is 0. The van der Waals surface area contributed by atoms with Crippen molar-refractivity contribution in [2.75, 3.05) is 20.1 Å². The largest absolute Gasteiger partial charge is 0.384 e. The number of pyridine rings is 1. The minimum atomic E-state index is -0.716. The Labute approximate surface area is 90.8 Å². The van der Waals surface area contributed by atoms with Gasteiger partial charge in [0.15, 0.2) is 0 Å². The second-order valence-corrected chi connectivity index (χ2v) is 4.40. The normalized spacial score (nSPS) is 28.7. The number of aliphatic hydroxyl groups is 1. The van der Waals surface area contributed by atoms with E-state index in [1.165, 1.54) is 0 Å². The first-order valence-electron chi connectivity index (χ1n) is 5.53. The SMILES string of the molecule is CN1CCCC(O)(c2ccccn2)CC1. The predicted octanol–water partition coefficient (Wildman–Crippen LogP) is 1.38. The number of nitrogens with zero attached hydrogens (tertiary/aromatic N) is 2. The van der Waals surface area contributed by atoms with Crippen LogP contribution in [0.15, 0.2) is 24.4 Å². The fraction of sp³-hybridized carbons (Fsp3) is 0.583. The Morgan fingerprint density at radius 3 is 2.93 bits per heavy atom. The van der Waals surface area contributed by atoms with Gasteiger partial charge in [-0.3, -0.25) is 4.98 Å². The van der Waals surface area contributed by atoms with Gasteiger partial charge in [-0.25, -0.2) is 0 Å². The molecule has 1 atom stereocenters. The maximum atomic E-state index is 10.6. The van der Waals surface area contributed by atoms with E-state index < -0.39 is 5.60 Å². The molecule has 0 aliphatic carbocycles. The molecule has 1 aromatic rings. The second-order valence-electron chi connectivity index (χ2n) is 4.40. The Bertz CT molecular complexity index is 315. The third kappa shape index (κ3) is 2.36. The maximum Gasteiger partial charge on any atom is 0.108 e. The van der Waals surface area contributed by atoms with E-state index in [9.17, 15) is 5.11 Å². The molecule has 3 heteroatoms. The van der Waals surface area contributed by atoms with Gasteiger partial charge in [-0.15, -0.1) is 0 Å². The quantitative estimate of drug-likeness (QED) is 0.754. The molecule has 1 saturated heterocycles. The number of aromatic nitrogens is 1. The van der Waals surface area contributed by atoms with Gasteiger partial charge < -0.3 is 10.0 Å². The zero-order valence-corrected chi connectivity index (χ0v) is 9.19. The van der Waals surface area contributed by atoms with Crippen LogP contribution in [0.25, 0.3) is 0 Å². The van der Waals surface area contributed by atoms with Gasteiger partial charge in [-0.2, -0.15) is 0 Å². The average Bonchev–Trinajstić information content (AvgIpc) is 2.44. The summed E-state index contributed by atoms with van der Waals surface area (Å²) in [6, 6.07) is 5.75. The van der Waals surface area contributed by atoms with Gasteiger partial charge in [-0.1, -0.05) is 6.07 Å². The molecule has 1 fully saturated rings. The molecule has 1 aliphatic rings. The maximum absolute atomic E-state index is 10.6. The lowest BCUT2D eigenvalue weighted by molar-refractivity contribution is 0.0176. The smallest absolute Gasteiger partial charge is 0.108 e. The lowest BCUT2D eigenvalue weighted by atomic mass is 9.91. The molecule has 0 aromatic carbocycles. The minimum Gasteiger partial charge on any atom is -0.384 e. The molecule has 0 amide bonds. The first-order chi connectivity index (χ1) is 7.21. The summed E-state index contributed by atoms with van der Waals surface area (Å²) in [4.78, 5) is 6.54. The summed E-state index contributed by atoms with van der Waals surface area (Å²) in [7, 11) is 2.10. The third-order valence-corrected chi connectivity index (χ3v) is 3.18. The highest BCUT2D eigenvalue weighted by Crippen LogP contribution is 2.30. The number of likely N-dealkylation sites (tertiary alicyclic amines) is 1. The van der Waals surface area contributed by atoms with Crippen LogP contribution in [0.3, 0.4) is 0 Å². The molecule has 0 saturated carbocycles. The fourth-order valence-electron chi connectivity index (χ4n) is 2.15. The summed E-state index contributed by atoms with van der Waals surface area (Å²) in [6.07, 6.45) is 4.38. The van der Waals surface area contributed by atoms with E-state index >= 15 is 0 Å². The average molecular weight is 206 g/mol. The Morgan fingerprint density at radius 2 is 2.20 bits per heavy atom. The molecule has 0 bridgehead atoms. The molecule has 15 heavy (non-hydrogen) atoms. The van der Waals surface area contributed by atoms with Crippen molar-refractivity contribution in [1.29, 1.82) is 0 Å². The fourth-order valence-corrected chi connectivity index (χ4v) is 2.15. The van der Waals surface area contributed by atoms with E-state index in [2.05, 4.69) is 16.9 Å². The van der Waals surface area contributed by atoms with E-state index in [1.807, 2.05) is 18.2 Å². The summed E-state index contributed by atoms with van der Waals surface area (Å²) >= 11 is 0. The Kier molecular flexibility index (Phi) is 3.03. The molecule has 0 spiro atoms. The Balaban J connectivity index is 2.19. The molecule has 2 heterocycles. The van der Waals surface area contributed by atoms with Crippen LogP contribution in [0.1, 0.15) is 25.0 Å². The van der Waals surface area contributed by atoms with Crippen LogP contribution in [0.5, 0.6) is 0 Å². The van der Waals surface area contributed by atoms with E-state index in [0.29, 0.717) is 0 Å². The monoisotopic (exact) mass is 206 g/mol. The van der Waals surface area contributed by atoms with Gasteiger partial charge >= 0.3 is 0 Å². The van der Waals surface area contributed by atoms with Gasteiger partial charge in [0.2, 0.25) is 0 Å². The van der Waals surface area contributed by atoms with Gasteiger partial charge in [0.1, 0.15) is 5.60 Å². The van der Waals surface area contributed by atoms with Crippen molar-refractivity contribution in [1.82, 2.24) is 9.88 Å². The molecular formula is C12H18N2O. The number of rotatable bonds is 1. The van der Waals surface area contributed by atoms with Crippen molar-refractivity contribution >= 4 is 0 Å². The highest BCUT2D eigenvalue weighted by Gasteiger charge is 2.32. The zero-order chi connectivity index (χ0) is 10.7. The van der Waals surface area contributed by atoms with Crippen LogP contribution in [0, 0.1) is 0 Å². The first-order valence-corrected chi connectivity index (χ1v) is 5.53. The van der Waals surface area contributed by atoms with E-state index in [4.69, 9.17) is 0 Å². The lowest BCUT2D eigenvalue weighted by Crippen LogP contribution is -2.28. The molecule has 82 valence electrons. The molecule has 1 unspecified atom stereocenters. The molecule has 1 aromatic heterocycles. The minimum absolute atomic E-state index is 0.716. The highest BCUT2D eigenvalue weighted by atomic mass is 16.3. The van der Waals surface area contributed by atoms with Crippen LogP contribution in [-0.4, -0.2) is 35.1 Å². The summed E-state index contributed by atoms with van der Waals surface area (Å²) in [5, 5.41) is 10.6. The Hall–Kier alpha value is -0.930. The lowest BCUT2D eigenvalue weighted by Gasteiger charge is -2.25. The van der Waals surface area contributed by atoms with Crippen LogP contribution >= 0.6 is 0 Å². The number of hydrogen-bond donors (Lipinski definition) is 1. The Morgan fingerprint density at radius 1 is 1.33 bits per heavy atom. The predicted molar refractivity (Wildman–Crippen MR) is 59.5 cm³/mol. The highest BCUT2D eigenvalue weighted by molar-refractivity contribution is 5.13. The van der Waals surface area contributed by atoms with Crippen molar-refractivity contribution in [3.05, 3.63) is 30.1 Å². The van der Waals surface area contributed by atoms with Crippen molar-refractivity contribution in [2.24, 2.45) is 0 Å².